The molecule has 2 aliphatic rings. The lowest BCUT2D eigenvalue weighted by atomic mass is 9.96. The number of nitrogens with two attached hydrogens (primary N) is 2. The third-order valence-corrected chi connectivity index (χ3v) is 5.68. The van der Waals surface area contributed by atoms with E-state index in [4.69, 9.17) is 11.5 Å². The molecule has 0 saturated heterocycles. The van der Waals surface area contributed by atoms with E-state index < -0.39 is 0 Å². The number of carbonyl (C=O) groups is 1. The second kappa shape index (κ2) is 7.54. The third-order valence-electron chi connectivity index (χ3n) is 5.68. The van der Waals surface area contributed by atoms with Crippen molar-refractivity contribution in [3.05, 3.63) is 58.7 Å². The molecule has 4 rings (SSSR count). The van der Waals surface area contributed by atoms with Crippen molar-refractivity contribution >= 4 is 17.4 Å². The van der Waals surface area contributed by atoms with Gasteiger partial charge in [0.2, 0.25) is 0 Å². The molecule has 0 radical (unpaired) electrons. The summed E-state index contributed by atoms with van der Waals surface area (Å²) in [5, 5.41) is 9.66. The van der Waals surface area contributed by atoms with Crippen molar-refractivity contribution in [1.29, 1.82) is 0 Å². The Labute approximate surface area is 164 Å². The van der Waals surface area contributed by atoms with Gasteiger partial charge in [-0.2, -0.15) is 0 Å². The Bertz CT molecular complexity index is 932. The summed E-state index contributed by atoms with van der Waals surface area (Å²) in [6.07, 6.45) is 5.79. The van der Waals surface area contributed by atoms with Crippen molar-refractivity contribution in [2.75, 3.05) is 5.73 Å². The minimum absolute atomic E-state index is 0.138. The summed E-state index contributed by atoms with van der Waals surface area (Å²) >= 11 is 0. The molecule has 0 aromatic heterocycles. The number of nitrogens with zero attached hydrogens (tertiary/aromatic N) is 2. The number of amides is 1. The zero-order valence-electron chi connectivity index (χ0n) is 15.9. The zero-order valence-corrected chi connectivity index (χ0v) is 15.9. The van der Waals surface area contributed by atoms with Crippen LogP contribution in [0.2, 0.25) is 0 Å². The number of hydrogen-bond acceptors (Lipinski definition) is 4. The van der Waals surface area contributed by atoms with Crippen LogP contribution in [0.4, 0.5) is 5.69 Å². The van der Waals surface area contributed by atoms with Crippen LogP contribution in [0, 0.1) is 0 Å². The standard InChI is InChI=1S/C22H26N4O2/c23-20-9-7-14(21(24)25-17-4-2-1-3-5-17)11-19(20)22(28)26-12-15-6-8-18(27)10-16(15)13-26/h6-11,17,27H,1-5,12-13,23H2,(H2,24,25). The highest BCUT2D eigenvalue weighted by molar-refractivity contribution is 6.04. The summed E-state index contributed by atoms with van der Waals surface area (Å²) < 4.78 is 0. The first-order valence-electron chi connectivity index (χ1n) is 9.84. The molecule has 0 atom stereocenters. The average Bonchev–Trinajstić information content (AvgIpc) is 3.11. The summed E-state index contributed by atoms with van der Waals surface area (Å²) in [6, 6.07) is 10.8. The number of phenols is 1. The predicted molar refractivity (Wildman–Crippen MR) is 110 cm³/mol. The van der Waals surface area contributed by atoms with E-state index in [0.717, 1.165) is 29.5 Å². The molecule has 0 bridgehead atoms. The number of hydrogen-bond donors (Lipinski definition) is 3. The summed E-state index contributed by atoms with van der Waals surface area (Å²) in [6.45, 7) is 0.960. The van der Waals surface area contributed by atoms with E-state index in [2.05, 4.69) is 4.99 Å². The molecule has 5 N–H and O–H groups in total. The van der Waals surface area contributed by atoms with E-state index in [9.17, 15) is 9.90 Å². The van der Waals surface area contributed by atoms with Gasteiger partial charge in [-0.3, -0.25) is 9.79 Å². The van der Waals surface area contributed by atoms with Crippen LogP contribution >= 0.6 is 0 Å². The highest BCUT2D eigenvalue weighted by Gasteiger charge is 2.26. The smallest absolute Gasteiger partial charge is 0.256 e. The topological polar surface area (TPSA) is 105 Å². The molecule has 1 saturated carbocycles. The van der Waals surface area contributed by atoms with Crippen molar-refractivity contribution in [1.82, 2.24) is 4.90 Å². The van der Waals surface area contributed by atoms with Crippen LogP contribution in [0.15, 0.2) is 41.4 Å². The van der Waals surface area contributed by atoms with Gasteiger partial charge in [0.05, 0.1) is 11.6 Å². The van der Waals surface area contributed by atoms with Crippen LogP contribution in [0.1, 0.15) is 59.2 Å². The molecular formula is C22H26N4O2. The van der Waals surface area contributed by atoms with Crippen LogP contribution in [0.25, 0.3) is 0 Å². The first kappa shape index (κ1) is 18.3. The minimum atomic E-state index is -0.138. The van der Waals surface area contributed by atoms with E-state index in [0.29, 0.717) is 30.2 Å². The molecule has 1 heterocycles. The van der Waals surface area contributed by atoms with E-state index in [-0.39, 0.29) is 17.7 Å². The Balaban J connectivity index is 1.55. The zero-order chi connectivity index (χ0) is 19.7. The fourth-order valence-electron chi connectivity index (χ4n) is 4.08. The molecule has 1 amide bonds. The minimum Gasteiger partial charge on any atom is -0.508 e. The largest absolute Gasteiger partial charge is 0.508 e. The number of nitrogen functional groups attached to an aromatic ring is 1. The molecule has 2 aromatic carbocycles. The summed E-state index contributed by atoms with van der Waals surface area (Å²) in [5.41, 5.74) is 15.9. The molecule has 146 valence electrons. The van der Waals surface area contributed by atoms with Crippen LogP contribution in [0.5, 0.6) is 5.75 Å². The number of phenolic OH excluding ortho intramolecular Hbond substituents is 1. The summed E-state index contributed by atoms with van der Waals surface area (Å²) in [5.74, 6) is 0.539. The van der Waals surface area contributed by atoms with Gasteiger partial charge in [0.1, 0.15) is 11.6 Å². The fourth-order valence-corrected chi connectivity index (χ4v) is 4.08. The third kappa shape index (κ3) is 3.67. The normalized spacial score (nSPS) is 17.6. The average molecular weight is 378 g/mol. The first-order valence-corrected chi connectivity index (χ1v) is 9.84. The molecule has 0 unspecified atom stereocenters. The van der Waals surface area contributed by atoms with Gasteiger partial charge in [-0.15, -0.1) is 0 Å². The van der Waals surface area contributed by atoms with E-state index in [1.165, 1.54) is 19.3 Å². The van der Waals surface area contributed by atoms with Crippen molar-refractivity contribution in [2.24, 2.45) is 10.7 Å². The molecule has 1 aliphatic heterocycles. The van der Waals surface area contributed by atoms with Crippen molar-refractivity contribution in [2.45, 2.75) is 51.2 Å². The highest BCUT2D eigenvalue weighted by Crippen LogP contribution is 2.29. The number of fused-ring (bicyclic) bond motifs is 1. The molecule has 2 aromatic rings. The molecular weight excluding hydrogens is 352 g/mol. The van der Waals surface area contributed by atoms with Gasteiger partial charge in [-0.25, -0.2) is 0 Å². The summed E-state index contributed by atoms with van der Waals surface area (Å²) in [7, 11) is 0. The number of carbonyl (C=O) groups excluding carboxylic acids is 1. The van der Waals surface area contributed by atoms with Crippen LogP contribution in [0.3, 0.4) is 0 Å². The van der Waals surface area contributed by atoms with Crippen LogP contribution in [-0.4, -0.2) is 27.8 Å². The Kier molecular flexibility index (Phi) is 4.94. The van der Waals surface area contributed by atoms with E-state index in [1.807, 2.05) is 12.1 Å². The van der Waals surface area contributed by atoms with Gasteiger partial charge in [-0.05, 0) is 54.3 Å². The number of aliphatic imine (C=N–C) groups is 1. The van der Waals surface area contributed by atoms with Gasteiger partial charge in [-0.1, -0.05) is 25.3 Å². The fraction of sp³-hybridized carbons (Fsp3) is 0.364. The quantitative estimate of drug-likeness (QED) is 0.433. The second-order valence-electron chi connectivity index (χ2n) is 7.72. The van der Waals surface area contributed by atoms with Gasteiger partial charge in [0.15, 0.2) is 0 Å². The van der Waals surface area contributed by atoms with Gasteiger partial charge < -0.3 is 21.5 Å². The van der Waals surface area contributed by atoms with Crippen molar-refractivity contribution < 1.29 is 9.90 Å². The second-order valence-corrected chi connectivity index (χ2v) is 7.72. The Hall–Kier alpha value is -3.02. The maximum atomic E-state index is 13.1. The Morgan fingerprint density at radius 2 is 1.79 bits per heavy atom. The van der Waals surface area contributed by atoms with E-state index in [1.54, 1.807) is 29.2 Å². The van der Waals surface area contributed by atoms with Gasteiger partial charge in [0, 0.05) is 24.3 Å². The lowest BCUT2D eigenvalue weighted by molar-refractivity contribution is 0.0752. The first-order chi connectivity index (χ1) is 13.5. The molecule has 6 nitrogen and oxygen atoms in total. The maximum absolute atomic E-state index is 13.1. The van der Waals surface area contributed by atoms with Crippen molar-refractivity contribution in [3.8, 4) is 5.75 Å². The summed E-state index contributed by atoms with van der Waals surface area (Å²) in [4.78, 5) is 19.5. The number of amidine groups is 1. The Morgan fingerprint density at radius 1 is 1.04 bits per heavy atom. The van der Waals surface area contributed by atoms with Crippen molar-refractivity contribution in [3.63, 3.8) is 0 Å². The maximum Gasteiger partial charge on any atom is 0.256 e. The lowest BCUT2D eigenvalue weighted by Gasteiger charge is -2.19. The van der Waals surface area contributed by atoms with Crippen LogP contribution in [-0.2, 0) is 13.1 Å². The SMILES string of the molecule is NC(=NC1CCCCC1)c1ccc(N)c(C(=O)N2Cc3ccc(O)cc3C2)c1. The van der Waals surface area contributed by atoms with Gasteiger partial charge in [0.25, 0.3) is 5.91 Å². The number of anilines is 1. The Morgan fingerprint density at radius 3 is 2.57 bits per heavy atom. The predicted octanol–water partition coefficient (Wildman–Crippen LogP) is 3.17. The number of aromatic hydroxyl groups is 1. The highest BCUT2D eigenvalue weighted by atomic mass is 16.3. The van der Waals surface area contributed by atoms with Crippen LogP contribution < -0.4 is 11.5 Å². The molecule has 28 heavy (non-hydrogen) atoms. The number of benzene rings is 2. The molecule has 1 fully saturated rings. The van der Waals surface area contributed by atoms with E-state index >= 15 is 0 Å². The molecule has 6 heteroatoms. The number of rotatable bonds is 3. The lowest BCUT2D eigenvalue weighted by Crippen LogP contribution is -2.27. The molecule has 1 aliphatic carbocycles. The monoisotopic (exact) mass is 378 g/mol. The molecule has 0 spiro atoms. The van der Waals surface area contributed by atoms with Gasteiger partial charge >= 0.3 is 0 Å².